The molecule has 0 spiro atoms. The van der Waals surface area contributed by atoms with Crippen molar-refractivity contribution in [2.75, 3.05) is 7.11 Å². The molecule has 0 unspecified atom stereocenters. The summed E-state index contributed by atoms with van der Waals surface area (Å²) in [5.74, 6) is 0.331. The van der Waals surface area contributed by atoms with Crippen LogP contribution in [0.25, 0.3) is 6.08 Å². The number of aryl methyl sites for hydroxylation is 1. The van der Waals surface area contributed by atoms with Crippen LogP contribution in [0.3, 0.4) is 0 Å². The summed E-state index contributed by atoms with van der Waals surface area (Å²) >= 11 is 0. The van der Waals surface area contributed by atoms with Gasteiger partial charge in [0.05, 0.1) is 0 Å². The minimum Gasteiger partial charge on any atom is -0.508 e. The Kier molecular flexibility index (Phi) is 4.81. The highest BCUT2D eigenvalue weighted by atomic mass is 16.3. The monoisotopic (exact) mass is 166 g/mol. The molecule has 2 heteroatoms. The molecular formula is C10H14O2. The van der Waals surface area contributed by atoms with Crippen LogP contribution in [0.15, 0.2) is 24.8 Å². The molecule has 0 aromatic heterocycles. The van der Waals surface area contributed by atoms with Gasteiger partial charge < -0.3 is 10.2 Å². The molecule has 1 rings (SSSR count). The molecule has 1 aromatic carbocycles. The Morgan fingerprint density at radius 2 is 1.92 bits per heavy atom. The average Bonchev–Trinajstić information content (AvgIpc) is 2.13. The molecule has 0 fully saturated rings. The van der Waals surface area contributed by atoms with E-state index in [1.807, 2.05) is 19.1 Å². The fourth-order valence-electron chi connectivity index (χ4n) is 0.753. The number of aliphatic hydroxyl groups is 1. The third-order valence-electron chi connectivity index (χ3n) is 1.47. The normalized spacial score (nSPS) is 8.25. The number of rotatable bonds is 1. The Balaban J connectivity index is 0.000000561. The van der Waals surface area contributed by atoms with Crippen LogP contribution in [-0.4, -0.2) is 17.3 Å². The highest BCUT2D eigenvalue weighted by Gasteiger charge is 1.93. The number of aromatic hydroxyl groups is 1. The van der Waals surface area contributed by atoms with E-state index < -0.39 is 0 Å². The lowest BCUT2D eigenvalue weighted by Crippen LogP contribution is -1.75. The van der Waals surface area contributed by atoms with E-state index in [0.29, 0.717) is 5.75 Å². The molecule has 66 valence electrons. The zero-order valence-corrected chi connectivity index (χ0v) is 7.41. The lowest BCUT2D eigenvalue weighted by Gasteiger charge is -1.97. The van der Waals surface area contributed by atoms with Gasteiger partial charge in [-0.15, -0.1) is 0 Å². The van der Waals surface area contributed by atoms with Crippen LogP contribution in [0.2, 0.25) is 0 Å². The number of aliphatic hydroxyl groups excluding tert-OH is 1. The van der Waals surface area contributed by atoms with Gasteiger partial charge in [0.1, 0.15) is 5.75 Å². The molecular weight excluding hydrogens is 152 g/mol. The third-order valence-corrected chi connectivity index (χ3v) is 1.47. The van der Waals surface area contributed by atoms with Gasteiger partial charge >= 0.3 is 0 Å². The lowest BCUT2D eigenvalue weighted by atomic mass is 10.1. The van der Waals surface area contributed by atoms with E-state index in [2.05, 4.69) is 6.58 Å². The lowest BCUT2D eigenvalue weighted by molar-refractivity contribution is 0.399. The largest absolute Gasteiger partial charge is 0.508 e. The summed E-state index contributed by atoms with van der Waals surface area (Å²) in [5.41, 5.74) is 1.84. The first-order valence-electron chi connectivity index (χ1n) is 3.61. The van der Waals surface area contributed by atoms with Crippen molar-refractivity contribution in [2.45, 2.75) is 6.92 Å². The Morgan fingerprint density at radius 3 is 2.33 bits per heavy atom. The fourth-order valence-corrected chi connectivity index (χ4v) is 0.753. The summed E-state index contributed by atoms with van der Waals surface area (Å²) in [7, 11) is 1.00. The van der Waals surface area contributed by atoms with E-state index in [4.69, 9.17) is 5.11 Å². The van der Waals surface area contributed by atoms with Crippen LogP contribution >= 0.6 is 0 Å². The van der Waals surface area contributed by atoms with Crippen molar-refractivity contribution >= 4 is 6.08 Å². The fraction of sp³-hybridized carbons (Fsp3) is 0.200. The number of hydrogen-bond donors (Lipinski definition) is 2. The van der Waals surface area contributed by atoms with E-state index in [-0.39, 0.29) is 0 Å². The zero-order chi connectivity index (χ0) is 9.56. The molecule has 2 N–H and O–H groups in total. The van der Waals surface area contributed by atoms with Crippen LogP contribution < -0.4 is 0 Å². The first-order chi connectivity index (χ1) is 5.74. The molecule has 0 saturated heterocycles. The molecule has 0 saturated carbocycles. The van der Waals surface area contributed by atoms with Crippen molar-refractivity contribution in [1.29, 1.82) is 0 Å². The highest BCUT2D eigenvalue weighted by Crippen LogP contribution is 2.17. The molecule has 0 radical (unpaired) electrons. The molecule has 1 aromatic rings. The predicted octanol–water partition coefficient (Wildman–Crippen LogP) is 1.95. The summed E-state index contributed by atoms with van der Waals surface area (Å²) < 4.78 is 0. The van der Waals surface area contributed by atoms with Gasteiger partial charge in [-0.2, -0.15) is 0 Å². The van der Waals surface area contributed by atoms with E-state index in [1.165, 1.54) is 0 Å². The Hall–Kier alpha value is -1.28. The van der Waals surface area contributed by atoms with Crippen molar-refractivity contribution in [3.8, 4) is 5.75 Å². The Morgan fingerprint density at radius 1 is 1.33 bits per heavy atom. The van der Waals surface area contributed by atoms with E-state index in [0.717, 1.165) is 18.2 Å². The van der Waals surface area contributed by atoms with Gasteiger partial charge in [0.25, 0.3) is 0 Å². The maximum Gasteiger partial charge on any atom is 0.119 e. The van der Waals surface area contributed by atoms with Crippen molar-refractivity contribution in [3.05, 3.63) is 35.9 Å². The van der Waals surface area contributed by atoms with Crippen LogP contribution in [0.4, 0.5) is 0 Å². The average molecular weight is 166 g/mol. The molecule has 12 heavy (non-hydrogen) atoms. The van der Waals surface area contributed by atoms with Gasteiger partial charge in [0, 0.05) is 7.11 Å². The molecule has 0 atom stereocenters. The van der Waals surface area contributed by atoms with Crippen LogP contribution in [0, 0.1) is 6.92 Å². The summed E-state index contributed by atoms with van der Waals surface area (Å²) in [6.07, 6.45) is 1.71. The Labute approximate surface area is 72.8 Å². The molecule has 0 bridgehead atoms. The zero-order valence-electron chi connectivity index (χ0n) is 7.41. The van der Waals surface area contributed by atoms with Crippen molar-refractivity contribution in [3.63, 3.8) is 0 Å². The second kappa shape index (κ2) is 5.38. The van der Waals surface area contributed by atoms with Gasteiger partial charge in [-0.3, -0.25) is 0 Å². The maximum absolute atomic E-state index is 9.18. The second-order valence-corrected chi connectivity index (χ2v) is 2.25. The second-order valence-electron chi connectivity index (χ2n) is 2.25. The minimum absolute atomic E-state index is 0.331. The van der Waals surface area contributed by atoms with Crippen LogP contribution in [-0.2, 0) is 0 Å². The molecule has 0 amide bonds. The van der Waals surface area contributed by atoms with Crippen molar-refractivity contribution < 1.29 is 10.2 Å². The van der Waals surface area contributed by atoms with Gasteiger partial charge in [-0.05, 0) is 24.1 Å². The van der Waals surface area contributed by atoms with E-state index in [9.17, 15) is 5.11 Å². The number of phenols is 1. The first kappa shape index (κ1) is 10.7. The molecule has 0 aliphatic heterocycles. The highest BCUT2D eigenvalue weighted by molar-refractivity contribution is 5.51. The summed E-state index contributed by atoms with van der Waals surface area (Å²) in [5, 5.41) is 16.2. The smallest absolute Gasteiger partial charge is 0.119 e. The summed E-state index contributed by atoms with van der Waals surface area (Å²) in [4.78, 5) is 0. The standard InChI is InChI=1S/C9H10O.CH4O/c1-3-8-5-4-7(2)9(10)6-8;1-2/h3-6,10H,1H2,2H3;2H,1H3. The van der Waals surface area contributed by atoms with Crippen LogP contribution in [0.1, 0.15) is 11.1 Å². The quantitative estimate of drug-likeness (QED) is 0.669. The van der Waals surface area contributed by atoms with Gasteiger partial charge in [-0.1, -0.05) is 24.8 Å². The first-order valence-corrected chi connectivity index (χ1v) is 3.61. The van der Waals surface area contributed by atoms with Crippen molar-refractivity contribution in [1.82, 2.24) is 0 Å². The van der Waals surface area contributed by atoms with Gasteiger partial charge in [0.15, 0.2) is 0 Å². The van der Waals surface area contributed by atoms with Gasteiger partial charge in [-0.25, -0.2) is 0 Å². The van der Waals surface area contributed by atoms with Crippen LogP contribution in [0.5, 0.6) is 5.75 Å². The molecule has 0 aliphatic rings. The molecule has 0 aliphatic carbocycles. The SMILES string of the molecule is C=Cc1ccc(C)c(O)c1.CO. The van der Waals surface area contributed by atoms with E-state index in [1.54, 1.807) is 12.1 Å². The van der Waals surface area contributed by atoms with Crippen molar-refractivity contribution in [2.24, 2.45) is 0 Å². The number of phenolic OH excluding ortho intramolecular Hbond substituents is 1. The maximum atomic E-state index is 9.18. The Bertz CT molecular complexity index is 254. The summed E-state index contributed by atoms with van der Waals surface area (Å²) in [6.45, 7) is 5.45. The number of benzene rings is 1. The molecule has 2 nitrogen and oxygen atoms in total. The van der Waals surface area contributed by atoms with E-state index >= 15 is 0 Å². The third kappa shape index (κ3) is 2.76. The number of hydrogen-bond acceptors (Lipinski definition) is 2. The minimum atomic E-state index is 0.331. The summed E-state index contributed by atoms with van der Waals surface area (Å²) in [6, 6.07) is 5.48. The predicted molar refractivity (Wildman–Crippen MR) is 51.1 cm³/mol. The molecule has 0 heterocycles. The van der Waals surface area contributed by atoms with Gasteiger partial charge in [0.2, 0.25) is 0 Å². The topological polar surface area (TPSA) is 40.5 Å².